The minimum atomic E-state index is 0.452. The molecule has 0 aromatic rings. The van der Waals surface area contributed by atoms with Crippen LogP contribution in [0.5, 0.6) is 0 Å². The third-order valence-corrected chi connectivity index (χ3v) is 4.13. The van der Waals surface area contributed by atoms with Crippen molar-refractivity contribution in [2.75, 3.05) is 0 Å². The molecular formula is C7H13S2. The Morgan fingerprint density at radius 2 is 1.78 bits per heavy atom. The van der Waals surface area contributed by atoms with Crippen LogP contribution in [0.3, 0.4) is 0 Å². The first-order valence-electron chi connectivity index (χ1n) is 3.58. The largest absolute Gasteiger partial charge is 0.0752 e. The van der Waals surface area contributed by atoms with E-state index in [1.807, 2.05) is 0 Å². The molecule has 0 unspecified atom stereocenters. The quantitative estimate of drug-likeness (QED) is 0.530. The Labute approximate surface area is 66.6 Å². The minimum Gasteiger partial charge on any atom is -0.0752 e. The predicted molar refractivity (Wildman–Crippen MR) is 46.7 cm³/mol. The van der Waals surface area contributed by atoms with Crippen molar-refractivity contribution in [1.82, 2.24) is 0 Å². The molecule has 0 spiro atoms. The monoisotopic (exact) mass is 161 g/mol. The number of hydrogen-bond donors (Lipinski definition) is 0. The molecule has 0 nitrogen and oxygen atoms in total. The summed E-state index contributed by atoms with van der Waals surface area (Å²) in [7, 11) is 1.63. The smallest absolute Gasteiger partial charge is 0.0244 e. The van der Waals surface area contributed by atoms with E-state index in [1.54, 1.807) is 10.8 Å². The number of hydrogen-bond acceptors (Lipinski definition) is 1. The zero-order valence-electron chi connectivity index (χ0n) is 5.85. The third-order valence-electron chi connectivity index (χ3n) is 2.11. The molecule has 1 aliphatic carbocycles. The zero-order valence-corrected chi connectivity index (χ0v) is 7.49. The van der Waals surface area contributed by atoms with E-state index < -0.39 is 0 Å². The molecule has 0 N–H and O–H groups in total. The molecule has 1 saturated carbocycles. The Morgan fingerprint density at radius 3 is 2.11 bits per heavy atom. The van der Waals surface area contributed by atoms with Gasteiger partial charge < -0.3 is 0 Å². The van der Waals surface area contributed by atoms with E-state index in [0.717, 1.165) is 0 Å². The molecule has 0 atom stereocenters. The van der Waals surface area contributed by atoms with Crippen LogP contribution in [0.1, 0.15) is 39.0 Å². The molecule has 1 rings (SSSR count). The second-order valence-corrected chi connectivity index (χ2v) is 4.75. The Bertz CT molecular complexity index is 84.9. The molecule has 0 heterocycles. The van der Waals surface area contributed by atoms with Crippen LogP contribution in [0.4, 0.5) is 0 Å². The van der Waals surface area contributed by atoms with Gasteiger partial charge in [0.1, 0.15) is 0 Å². The Morgan fingerprint density at radius 1 is 1.22 bits per heavy atom. The molecule has 0 bridgehead atoms. The topological polar surface area (TPSA) is 0 Å². The first kappa shape index (κ1) is 7.80. The molecule has 53 valence electrons. The summed E-state index contributed by atoms with van der Waals surface area (Å²) in [6, 6.07) is 0. The van der Waals surface area contributed by atoms with Crippen molar-refractivity contribution in [1.29, 1.82) is 0 Å². The van der Waals surface area contributed by atoms with E-state index in [-0.39, 0.29) is 0 Å². The van der Waals surface area contributed by atoms with Crippen LogP contribution < -0.4 is 0 Å². The summed E-state index contributed by atoms with van der Waals surface area (Å²) in [4.78, 5) is 0. The van der Waals surface area contributed by atoms with Crippen molar-refractivity contribution in [2.45, 2.75) is 43.8 Å². The first-order valence-corrected chi connectivity index (χ1v) is 5.32. The number of rotatable bonds is 1. The molecule has 9 heavy (non-hydrogen) atoms. The van der Waals surface area contributed by atoms with Crippen molar-refractivity contribution in [3.63, 3.8) is 0 Å². The second kappa shape index (κ2) is 3.20. The molecule has 2 heteroatoms. The molecule has 0 aliphatic heterocycles. The highest BCUT2D eigenvalue weighted by atomic mass is 33.1. The van der Waals surface area contributed by atoms with Gasteiger partial charge in [0, 0.05) is 4.75 Å². The van der Waals surface area contributed by atoms with Crippen molar-refractivity contribution < 1.29 is 0 Å². The predicted octanol–water partition coefficient (Wildman–Crippen LogP) is 3.55. The van der Waals surface area contributed by atoms with Gasteiger partial charge in [-0.1, -0.05) is 30.1 Å². The van der Waals surface area contributed by atoms with Gasteiger partial charge in [-0.25, -0.2) is 0 Å². The minimum absolute atomic E-state index is 0.452. The molecule has 0 amide bonds. The van der Waals surface area contributed by atoms with Gasteiger partial charge in [0.2, 0.25) is 0 Å². The van der Waals surface area contributed by atoms with Crippen LogP contribution >= 0.6 is 22.5 Å². The summed E-state index contributed by atoms with van der Waals surface area (Å²) in [5.74, 6) is 0. The summed E-state index contributed by atoms with van der Waals surface area (Å²) in [6.07, 6.45) is 6.87. The van der Waals surface area contributed by atoms with Gasteiger partial charge in [0.25, 0.3) is 0 Å². The fourth-order valence-electron chi connectivity index (χ4n) is 1.38. The fraction of sp³-hybridized carbons (Fsp3) is 1.00. The lowest BCUT2D eigenvalue weighted by Gasteiger charge is -2.30. The van der Waals surface area contributed by atoms with Crippen molar-refractivity contribution in [2.24, 2.45) is 0 Å². The Hall–Kier alpha value is 0.700. The van der Waals surface area contributed by atoms with Gasteiger partial charge in [0.05, 0.1) is 0 Å². The van der Waals surface area contributed by atoms with Crippen molar-refractivity contribution in [3.8, 4) is 0 Å². The van der Waals surface area contributed by atoms with Gasteiger partial charge in [-0.2, -0.15) is 0 Å². The van der Waals surface area contributed by atoms with Crippen LogP contribution in [0.2, 0.25) is 0 Å². The lowest BCUT2D eigenvalue weighted by atomic mass is 9.90. The van der Waals surface area contributed by atoms with E-state index >= 15 is 0 Å². The van der Waals surface area contributed by atoms with Crippen LogP contribution in [0, 0.1) is 0 Å². The molecule has 1 fully saturated rings. The molecule has 0 aromatic carbocycles. The zero-order chi connectivity index (χ0) is 6.74. The van der Waals surface area contributed by atoms with Crippen LogP contribution in [0.15, 0.2) is 0 Å². The summed E-state index contributed by atoms with van der Waals surface area (Å²) < 4.78 is 0.452. The average Bonchev–Trinajstić information content (AvgIpc) is 1.90. The summed E-state index contributed by atoms with van der Waals surface area (Å²) in [5, 5.41) is 0. The Kier molecular flexibility index (Phi) is 2.77. The summed E-state index contributed by atoms with van der Waals surface area (Å²) in [5.41, 5.74) is 0. The van der Waals surface area contributed by atoms with Crippen molar-refractivity contribution in [3.05, 3.63) is 0 Å². The summed E-state index contributed by atoms with van der Waals surface area (Å²) in [6.45, 7) is 2.30. The molecular weight excluding hydrogens is 148 g/mol. The molecule has 0 aromatic heterocycles. The first-order chi connectivity index (χ1) is 4.27. The van der Waals surface area contributed by atoms with Crippen LogP contribution in [-0.4, -0.2) is 4.75 Å². The summed E-state index contributed by atoms with van der Waals surface area (Å²) >= 11 is 5.00. The van der Waals surface area contributed by atoms with Gasteiger partial charge in [-0.3, -0.25) is 0 Å². The normalized spacial score (nSPS) is 26.0. The van der Waals surface area contributed by atoms with Crippen LogP contribution in [-0.2, 0) is 0 Å². The van der Waals surface area contributed by atoms with Gasteiger partial charge in [-0.15, -0.1) is 0 Å². The van der Waals surface area contributed by atoms with Crippen molar-refractivity contribution >= 4 is 22.5 Å². The van der Waals surface area contributed by atoms with Crippen LogP contribution in [0.25, 0.3) is 0 Å². The maximum Gasteiger partial charge on any atom is 0.0244 e. The maximum atomic E-state index is 5.00. The van der Waals surface area contributed by atoms with Gasteiger partial charge in [-0.05, 0) is 31.4 Å². The Balaban J connectivity index is 2.37. The maximum absolute atomic E-state index is 5.00. The molecule has 1 radical (unpaired) electrons. The average molecular weight is 161 g/mol. The lowest BCUT2D eigenvalue weighted by molar-refractivity contribution is 0.424. The van der Waals surface area contributed by atoms with Gasteiger partial charge >= 0.3 is 0 Å². The fourth-order valence-corrected chi connectivity index (χ4v) is 2.34. The standard InChI is InChI=1S/C7H13S2/c1-7(9-8)5-3-2-4-6-7/h2-6H2,1H3. The third kappa shape index (κ3) is 2.08. The van der Waals surface area contributed by atoms with E-state index in [2.05, 4.69) is 6.92 Å². The SMILES string of the molecule is CC1(S[S])CCCCC1. The lowest BCUT2D eigenvalue weighted by Crippen LogP contribution is -2.21. The highest BCUT2D eigenvalue weighted by Gasteiger charge is 2.25. The molecule has 0 saturated heterocycles. The van der Waals surface area contributed by atoms with E-state index in [0.29, 0.717) is 4.75 Å². The van der Waals surface area contributed by atoms with Gasteiger partial charge in [0.15, 0.2) is 0 Å². The molecule has 1 aliphatic rings. The van der Waals surface area contributed by atoms with E-state index in [9.17, 15) is 0 Å². The second-order valence-electron chi connectivity index (χ2n) is 3.09. The van der Waals surface area contributed by atoms with E-state index in [4.69, 9.17) is 11.7 Å². The van der Waals surface area contributed by atoms with E-state index in [1.165, 1.54) is 32.1 Å². The highest BCUT2D eigenvalue weighted by molar-refractivity contribution is 8.69. The highest BCUT2D eigenvalue weighted by Crippen LogP contribution is 2.40.